The molecule has 1 aliphatic carbocycles. The molecular weight excluding hydrogens is 323 g/mol. The first-order valence-electron chi connectivity index (χ1n) is 8.46. The minimum Gasteiger partial charge on any atom is -0.488 e. The van der Waals surface area contributed by atoms with Crippen molar-refractivity contribution in [3.05, 3.63) is 53.8 Å². The van der Waals surface area contributed by atoms with Crippen LogP contribution in [0.25, 0.3) is 11.1 Å². The lowest BCUT2D eigenvalue weighted by Crippen LogP contribution is -2.19. The quantitative estimate of drug-likeness (QED) is 0.898. The van der Waals surface area contributed by atoms with Crippen LogP contribution >= 0.6 is 0 Å². The minimum atomic E-state index is -0.914. The third-order valence-electron chi connectivity index (χ3n) is 4.99. The highest BCUT2D eigenvalue weighted by Crippen LogP contribution is 2.49. The number of halogens is 1. The summed E-state index contributed by atoms with van der Waals surface area (Å²) in [6.07, 6.45) is 2.08. The molecule has 1 atom stereocenters. The van der Waals surface area contributed by atoms with Gasteiger partial charge in [0, 0.05) is 6.42 Å². The molecule has 2 fully saturated rings. The van der Waals surface area contributed by atoms with Gasteiger partial charge in [-0.05, 0) is 59.9 Å². The van der Waals surface area contributed by atoms with Gasteiger partial charge >= 0.3 is 5.97 Å². The van der Waals surface area contributed by atoms with Crippen LogP contribution in [0.4, 0.5) is 4.39 Å². The van der Waals surface area contributed by atoms with Crippen molar-refractivity contribution in [3.63, 3.8) is 0 Å². The number of carboxylic acid groups (broad SMARTS) is 1. The Bertz CT molecular complexity index is 790. The molecule has 0 aromatic heterocycles. The highest BCUT2D eigenvalue weighted by atomic mass is 19.1. The van der Waals surface area contributed by atoms with E-state index in [9.17, 15) is 14.3 Å². The van der Waals surface area contributed by atoms with E-state index >= 15 is 0 Å². The van der Waals surface area contributed by atoms with Crippen molar-refractivity contribution in [1.29, 1.82) is 0 Å². The highest BCUT2D eigenvalue weighted by Gasteiger charge is 2.52. The number of carboxylic acids is 1. The molecule has 5 heteroatoms. The second kappa shape index (κ2) is 6.15. The van der Waals surface area contributed by atoms with Gasteiger partial charge in [0.25, 0.3) is 0 Å². The van der Waals surface area contributed by atoms with Gasteiger partial charge in [-0.25, -0.2) is 4.39 Å². The SMILES string of the molecule is O=C(O)C1(c2cc(F)cc(-c3ccc(OC4CCOC4)cc3)c2)CC1. The molecule has 0 amide bonds. The lowest BCUT2D eigenvalue weighted by molar-refractivity contribution is -0.140. The Morgan fingerprint density at radius 3 is 2.52 bits per heavy atom. The second-order valence-electron chi connectivity index (χ2n) is 6.74. The Labute approximate surface area is 145 Å². The molecule has 2 aromatic rings. The Morgan fingerprint density at radius 2 is 1.92 bits per heavy atom. The third-order valence-corrected chi connectivity index (χ3v) is 4.99. The van der Waals surface area contributed by atoms with Gasteiger partial charge in [0.1, 0.15) is 17.7 Å². The maximum atomic E-state index is 14.1. The Balaban J connectivity index is 1.59. The first-order valence-corrected chi connectivity index (χ1v) is 8.46. The molecule has 1 saturated heterocycles. The fourth-order valence-corrected chi connectivity index (χ4v) is 3.31. The molecule has 2 aromatic carbocycles. The summed E-state index contributed by atoms with van der Waals surface area (Å²) in [5, 5.41) is 9.43. The number of ether oxygens (including phenoxy) is 2. The van der Waals surface area contributed by atoms with Crippen LogP contribution in [0.5, 0.6) is 5.75 Å². The lowest BCUT2D eigenvalue weighted by Gasteiger charge is -2.14. The first-order chi connectivity index (χ1) is 12.1. The smallest absolute Gasteiger partial charge is 0.314 e. The van der Waals surface area contributed by atoms with Gasteiger partial charge in [-0.15, -0.1) is 0 Å². The zero-order valence-electron chi connectivity index (χ0n) is 13.7. The van der Waals surface area contributed by atoms with E-state index in [2.05, 4.69) is 0 Å². The van der Waals surface area contributed by atoms with Crippen LogP contribution in [-0.4, -0.2) is 30.4 Å². The number of hydrogen-bond acceptors (Lipinski definition) is 3. The van der Waals surface area contributed by atoms with Gasteiger partial charge in [0.05, 0.1) is 18.6 Å². The highest BCUT2D eigenvalue weighted by molar-refractivity contribution is 5.85. The van der Waals surface area contributed by atoms with Crippen molar-refractivity contribution < 1.29 is 23.8 Å². The van der Waals surface area contributed by atoms with Crippen molar-refractivity contribution in [2.24, 2.45) is 0 Å². The van der Waals surface area contributed by atoms with Gasteiger partial charge in [0.2, 0.25) is 0 Å². The number of benzene rings is 2. The average molecular weight is 342 g/mol. The molecule has 4 nitrogen and oxygen atoms in total. The van der Waals surface area contributed by atoms with Crippen LogP contribution in [0.3, 0.4) is 0 Å². The van der Waals surface area contributed by atoms with Crippen LogP contribution in [0.15, 0.2) is 42.5 Å². The average Bonchev–Trinajstić information content (AvgIpc) is 3.27. The molecule has 1 saturated carbocycles. The number of hydrogen-bond donors (Lipinski definition) is 1. The largest absolute Gasteiger partial charge is 0.488 e. The summed E-state index contributed by atoms with van der Waals surface area (Å²) in [4.78, 5) is 11.5. The van der Waals surface area contributed by atoms with E-state index in [0.717, 1.165) is 24.3 Å². The van der Waals surface area contributed by atoms with E-state index in [0.29, 0.717) is 30.6 Å². The van der Waals surface area contributed by atoms with E-state index in [4.69, 9.17) is 9.47 Å². The molecule has 1 aliphatic heterocycles. The molecule has 1 N–H and O–H groups in total. The number of carbonyl (C=O) groups is 1. The van der Waals surface area contributed by atoms with Crippen molar-refractivity contribution in [1.82, 2.24) is 0 Å². The summed E-state index contributed by atoms with van der Waals surface area (Å²) < 4.78 is 25.2. The van der Waals surface area contributed by atoms with Crippen molar-refractivity contribution >= 4 is 5.97 Å². The maximum absolute atomic E-state index is 14.1. The third kappa shape index (κ3) is 3.12. The summed E-state index contributed by atoms with van der Waals surface area (Å²) in [7, 11) is 0. The molecule has 130 valence electrons. The zero-order chi connectivity index (χ0) is 17.4. The molecule has 0 radical (unpaired) electrons. The maximum Gasteiger partial charge on any atom is 0.314 e. The minimum absolute atomic E-state index is 0.0805. The molecule has 25 heavy (non-hydrogen) atoms. The predicted molar refractivity (Wildman–Crippen MR) is 90.2 cm³/mol. The second-order valence-corrected chi connectivity index (χ2v) is 6.74. The molecule has 2 aliphatic rings. The van der Waals surface area contributed by atoms with Crippen molar-refractivity contribution in [2.75, 3.05) is 13.2 Å². The van der Waals surface area contributed by atoms with Crippen LogP contribution in [0.1, 0.15) is 24.8 Å². The number of aliphatic carboxylic acids is 1. The van der Waals surface area contributed by atoms with E-state index in [1.807, 2.05) is 24.3 Å². The molecule has 4 rings (SSSR count). The topological polar surface area (TPSA) is 55.8 Å². The molecule has 1 heterocycles. The van der Waals surface area contributed by atoms with E-state index in [1.165, 1.54) is 12.1 Å². The van der Waals surface area contributed by atoms with Gasteiger partial charge in [-0.2, -0.15) is 0 Å². The van der Waals surface area contributed by atoms with Crippen LogP contribution < -0.4 is 4.74 Å². The fraction of sp³-hybridized carbons (Fsp3) is 0.350. The fourth-order valence-electron chi connectivity index (χ4n) is 3.31. The normalized spacial score (nSPS) is 21.1. The Kier molecular flexibility index (Phi) is 3.96. The molecule has 0 spiro atoms. The van der Waals surface area contributed by atoms with Crippen LogP contribution in [-0.2, 0) is 14.9 Å². The summed E-state index contributed by atoms with van der Waals surface area (Å²) in [6, 6.07) is 12.0. The summed E-state index contributed by atoms with van der Waals surface area (Å²) in [6.45, 7) is 1.33. The number of rotatable bonds is 5. The monoisotopic (exact) mass is 342 g/mol. The zero-order valence-corrected chi connectivity index (χ0v) is 13.7. The molecular formula is C20H19FO4. The van der Waals surface area contributed by atoms with Gasteiger partial charge in [0.15, 0.2) is 0 Å². The first kappa shape index (κ1) is 16.1. The van der Waals surface area contributed by atoms with Crippen molar-refractivity contribution in [3.8, 4) is 16.9 Å². The van der Waals surface area contributed by atoms with Gasteiger partial charge in [-0.1, -0.05) is 12.1 Å². The lowest BCUT2D eigenvalue weighted by atomic mass is 9.92. The Morgan fingerprint density at radius 1 is 1.16 bits per heavy atom. The van der Waals surface area contributed by atoms with Gasteiger partial charge < -0.3 is 14.6 Å². The summed E-state index contributed by atoms with van der Waals surface area (Å²) >= 11 is 0. The van der Waals surface area contributed by atoms with E-state index < -0.39 is 17.2 Å². The van der Waals surface area contributed by atoms with Gasteiger partial charge in [-0.3, -0.25) is 4.79 Å². The molecule has 1 unspecified atom stereocenters. The van der Waals surface area contributed by atoms with E-state index in [1.54, 1.807) is 6.07 Å². The predicted octanol–water partition coefficient (Wildman–Crippen LogP) is 3.78. The van der Waals surface area contributed by atoms with Crippen molar-refractivity contribution in [2.45, 2.75) is 30.8 Å². The summed E-state index contributed by atoms with van der Waals surface area (Å²) in [5.41, 5.74) is 1.14. The van der Waals surface area contributed by atoms with Crippen LogP contribution in [0.2, 0.25) is 0 Å². The van der Waals surface area contributed by atoms with Crippen LogP contribution in [0, 0.1) is 5.82 Å². The Hall–Kier alpha value is -2.40. The molecule has 0 bridgehead atoms. The standard InChI is InChI=1S/C20H19FO4/c21-16-10-14(9-15(11-16)20(6-7-20)19(22)23)13-1-3-17(4-2-13)25-18-5-8-24-12-18/h1-4,9-11,18H,5-8,12H2,(H,22,23). The summed E-state index contributed by atoms with van der Waals surface area (Å²) in [5.74, 6) is -0.546. The van der Waals surface area contributed by atoms with E-state index in [-0.39, 0.29) is 6.10 Å².